The summed E-state index contributed by atoms with van der Waals surface area (Å²) in [6.45, 7) is 5.06. The largest absolute Gasteiger partial charge is 0.351 e. The predicted octanol–water partition coefficient (Wildman–Crippen LogP) is 0.699. The Morgan fingerprint density at radius 3 is 2.91 bits per heavy atom. The van der Waals surface area contributed by atoms with Crippen LogP contribution in [0.15, 0.2) is 0 Å². The zero-order valence-corrected chi connectivity index (χ0v) is 13.8. The van der Waals surface area contributed by atoms with Crippen molar-refractivity contribution in [3.63, 3.8) is 0 Å². The number of carbonyl (C=O) groups excluding carboxylic acids is 1. The van der Waals surface area contributed by atoms with Crippen molar-refractivity contribution in [3.05, 3.63) is 0 Å². The molecule has 1 saturated heterocycles. The van der Waals surface area contributed by atoms with Crippen LogP contribution in [-0.4, -0.2) is 54.3 Å². The Labute approximate surface area is 133 Å². The summed E-state index contributed by atoms with van der Waals surface area (Å²) in [5, 5.41) is 11.5. The summed E-state index contributed by atoms with van der Waals surface area (Å²) >= 11 is 0. The van der Waals surface area contributed by atoms with Crippen LogP contribution in [0.4, 0.5) is 0 Å². The summed E-state index contributed by atoms with van der Waals surface area (Å²) in [4.78, 5) is 14.0. The van der Waals surface area contributed by atoms with Gasteiger partial charge in [0, 0.05) is 25.2 Å². The molecular weight excluding hydrogens is 280 g/mol. The third-order valence-electron chi connectivity index (χ3n) is 5.20. The minimum absolute atomic E-state index is 0.0517. The molecule has 4 atom stereocenters. The molecule has 0 aromatic carbocycles. The number of likely N-dealkylation sites (tertiary alicyclic amines) is 1. The van der Waals surface area contributed by atoms with Gasteiger partial charge in [-0.15, -0.1) is 0 Å². The molecule has 6 heteroatoms. The van der Waals surface area contributed by atoms with E-state index in [9.17, 15) is 4.79 Å². The van der Waals surface area contributed by atoms with Crippen molar-refractivity contribution in [2.24, 2.45) is 17.6 Å². The first-order valence-electron chi connectivity index (χ1n) is 8.74. The lowest BCUT2D eigenvalue weighted by Gasteiger charge is -2.41. The third kappa shape index (κ3) is 5.19. The molecule has 2 fully saturated rings. The second-order valence-electron chi connectivity index (χ2n) is 7.08. The van der Waals surface area contributed by atoms with Gasteiger partial charge in [-0.3, -0.25) is 4.79 Å². The highest BCUT2D eigenvalue weighted by Gasteiger charge is 2.33. The summed E-state index contributed by atoms with van der Waals surface area (Å²) in [7, 11) is 0. The van der Waals surface area contributed by atoms with Crippen molar-refractivity contribution in [1.29, 1.82) is 0 Å². The fourth-order valence-corrected chi connectivity index (χ4v) is 4.20. The third-order valence-corrected chi connectivity index (χ3v) is 5.20. The normalized spacial score (nSPS) is 31.7. The molecule has 1 aliphatic carbocycles. The van der Waals surface area contributed by atoms with E-state index in [0.717, 1.165) is 19.6 Å². The zero-order valence-electron chi connectivity index (χ0n) is 13.8. The first-order valence-corrected chi connectivity index (χ1v) is 8.74. The molecule has 0 aromatic heterocycles. The van der Waals surface area contributed by atoms with E-state index in [2.05, 4.69) is 10.2 Å². The van der Waals surface area contributed by atoms with E-state index in [0.29, 0.717) is 17.9 Å². The number of nitrogens with zero attached hydrogens (tertiary/aromatic N) is 1. The topological polar surface area (TPSA) is 90.6 Å². The average molecular weight is 312 g/mol. The molecule has 2 aliphatic rings. The summed E-state index contributed by atoms with van der Waals surface area (Å²) in [5.74, 6) is 1.23. The Hall–Kier alpha value is -0.690. The molecule has 0 radical (unpaired) electrons. The van der Waals surface area contributed by atoms with Crippen LogP contribution in [0, 0.1) is 11.8 Å². The van der Waals surface area contributed by atoms with Crippen LogP contribution in [0.1, 0.15) is 45.4 Å². The van der Waals surface area contributed by atoms with Crippen molar-refractivity contribution < 1.29 is 10.0 Å². The summed E-state index contributed by atoms with van der Waals surface area (Å²) in [6.07, 6.45) is 7.50. The molecule has 2 unspecified atom stereocenters. The Morgan fingerprint density at radius 2 is 2.14 bits per heavy atom. The Kier molecular flexibility index (Phi) is 7.08. The number of amides is 1. The number of hydrogen-bond donors (Lipinski definition) is 4. The number of hydroxylamine groups is 1. The zero-order chi connectivity index (χ0) is 15.9. The summed E-state index contributed by atoms with van der Waals surface area (Å²) in [5.41, 5.74) is 8.25. The molecule has 6 nitrogen and oxygen atoms in total. The van der Waals surface area contributed by atoms with Gasteiger partial charge in [-0.25, -0.2) is 0 Å². The molecule has 1 aliphatic heterocycles. The second-order valence-corrected chi connectivity index (χ2v) is 7.08. The average Bonchev–Trinajstić information content (AvgIpc) is 2.42. The van der Waals surface area contributed by atoms with Crippen molar-refractivity contribution >= 4 is 5.91 Å². The summed E-state index contributed by atoms with van der Waals surface area (Å²) in [6, 6.07) is 0.474. The van der Waals surface area contributed by atoms with Gasteiger partial charge in [-0.05, 0) is 51.0 Å². The minimum Gasteiger partial charge on any atom is -0.351 e. The molecule has 128 valence electrons. The van der Waals surface area contributed by atoms with Crippen molar-refractivity contribution in [2.75, 3.05) is 26.2 Å². The van der Waals surface area contributed by atoms with Crippen LogP contribution in [0.25, 0.3) is 0 Å². The van der Waals surface area contributed by atoms with E-state index in [1.807, 2.05) is 12.4 Å². The van der Waals surface area contributed by atoms with Crippen LogP contribution < -0.4 is 16.5 Å². The first kappa shape index (κ1) is 17.7. The Balaban J connectivity index is 1.85. The second kappa shape index (κ2) is 8.82. The van der Waals surface area contributed by atoms with Gasteiger partial charge in [-0.1, -0.05) is 12.8 Å². The highest BCUT2D eigenvalue weighted by molar-refractivity contribution is 5.78. The number of carbonyl (C=O) groups is 1. The van der Waals surface area contributed by atoms with Gasteiger partial charge in [0.15, 0.2) is 0 Å². The van der Waals surface area contributed by atoms with Crippen LogP contribution >= 0.6 is 0 Å². The van der Waals surface area contributed by atoms with E-state index in [-0.39, 0.29) is 18.5 Å². The molecule has 2 rings (SSSR count). The predicted molar refractivity (Wildman–Crippen MR) is 86.5 cm³/mol. The lowest BCUT2D eigenvalue weighted by molar-refractivity contribution is -0.122. The molecule has 0 spiro atoms. The maximum atomic E-state index is 11.5. The van der Waals surface area contributed by atoms with Crippen LogP contribution in [0.3, 0.4) is 0 Å². The van der Waals surface area contributed by atoms with Gasteiger partial charge >= 0.3 is 0 Å². The minimum atomic E-state index is -0.167. The van der Waals surface area contributed by atoms with Crippen LogP contribution in [0.5, 0.6) is 0 Å². The van der Waals surface area contributed by atoms with Crippen molar-refractivity contribution in [2.45, 2.75) is 57.5 Å². The standard InChI is InChI=1S/C16H32N4O2/c1-12(19-16(21)9-18-22)10-20-8-3-2-6-14-13(11-20)5-4-7-15(14)17/h12-15,18,22H,2-11,17H2,1H3,(H,19,21)/t12-,13-,14?,15?/m0/s1. The van der Waals surface area contributed by atoms with Gasteiger partial charge < -0.3 is 21.2 Å². The Morgan fingerprint density at radius 1 is 1.32 bits per heavy atom. The molecule has 0 aromatic rings. The SMILES string of the molecule is C[C@@H](CN1CCCCC2C(N)CCC[C@H]2C1)NC(=O)CNO. The maximum absolute atomic E-state index is 11.5. The highest BCUT2D eigenvalue weighted by Crippen LogP contribution is 2.34. The van der Waals surface area contributed by atoms with Crippen LogP contribution in [0.2, 0.25) is 0 Å². The fraction of sp³-hybridized carbons (Fsp3) is 0.938. The van der Waals surface area contributed by atoms with Gasteiger partial charge in [0.2, 0.25) is 5.91 Å². The molecule has 22 heavy (non-hydrogen) atoms. The molecule has 0 bridgehead atoms. The van der Waals surface area contributed by atoms with Gasteiger partial charge in [0.1, 0.15) is 0 Å². The molecule has 1 heterocycles. The molecule has 1 saturated carbocycles. The van der Waals surface area contributed by atoms with Crippen LogP contribution in [-0.2, 0) is 4.79 Å². The van der Waals surface area contributed by atoms with Gasteiger partial charge in [0.05, 0.1) is 6.54 Å². The quantitative estimate of drug-likeness (QED) is 0.561. The van der Waals surface area contributed by atoms with E-state index < -0.39 is 0 Å². The number of nitrogens with two attached hydrogens (primary N) is 1. The number of fused-ring (bicyclic) bond motifs is 1. The van der Waals surface area contributed by atoms with Crippen molar-refractivity contribution in [3.8, 4) is 0 Å². The number of nitrogens with one attached hydrogen (secondary N) is 2. The number of hydrogen-bond acceptors (Lipinski definition) is 5. The number of rotatable bonds is 5. The highest BCUT2D eigenvalue weighted by atomic mass is 16.5. The molecule has 1 amide bonds. The fourth-order valence-electron chi connectivity index (χ4n) is 4.20. The van der Waals surface area contributed by atoms with Gasteiger partial charge in [0.25, 0.3) is 0 Å². The van der Waals surface area contributed by atoms with Crippen molar-refractivity contribution in [1.82, 2.24) is 15.7 Å². The Bertz CT molecular complexity index is 353. The first-order chi connectivity index (χ1) is 10.6. The van der Waals surface area contributed by atoms with E-state index in [1.165, 1.54) is 38.5 Å². The van der Waals surface area contributed by atoms with E-state index in [1.54, 1.807) is 0 Å². The monoisotopic (exact) mass is 312 g/mol. The molecular formula is C16H32N4O2. The lowest BCUT2D eigenvalue weighted by Crippen LogP contribution is -2.49. The van der Waals surface area contributed by atoms with E-state index >= 15 is 0 Å². The van der Waals surface area contributed by atoms with Gasteiger partial charge in [-0.2, -0.15) is 5.48 Å². The lowest BCUT2D eigenvalue weighted by atomic mass is 9.73. The van der Waals surface area contributed by atoms with E-state index in [4.69, 9.17) is 10.9 Å². The molecule has 5 N–H and O–H groups in total. The summed E-state index contributed by atoms with van der Waals surface area (Å²) < 4.78 is 0. The smallest absolute Gasteiger partial charge is 0.236 e. The maximum Gasteiger partial charge on any atom is 0.236 e.